The second-order valence-corrected chi connectivity index (χ2v) is 9.67. The fourth-order valence-electron chi connectivity index (χ4n) is 4.10. The average Bonchev–Trinajstić information content (AvgIpc) is 3.29. The Labute approximate surface area is 184 Å². The lowest BCUT2D eigenvalue weighted by Crippen LogP contribution is -2.28. The molecule has 1 aromatic heterocycles. The second-order valence-electron chi connectivity index (χ2n) is 8.67. The van der Waals surface area contributed by atoms with Gasteiger partial charge in [0.25, 0.3) is 0 Å². The highest BCUT2D eigenvalue weighted by atomic mass is 32.1. The zero-order valence-electron chi connectivity index (χ0n) is 18.0. The maximum Gasteiger partial charge on any atom is 0.231 e. The lowest BCUT2D eigenvalue weighted by Gasteiger charge is -2.26. The van der Waals surface area contributed by atoms with Crippen molar-refractivity contribution in [2.75, 3.05) is 31.0 Å². The quantitative estimate of drug-likeness (QED) is 0.761. The van der Waals surface area contributed by atoms with E-state index in [9.17, 15) is 14.4 Å². The number of fused-ring (bicyclic) bond motifs is 1. The van der Waals surface area contributed by atoms with E-state index in [1.54, 1.807) is 30.2 Å². The molecule has 0 saturated carbocycles. The monoisotopic (exact) mass is 443 g/mol. The minimum atomic E-state index is -0.521. The third-order valence-corrected chi connectivity index (χ3v) is 6.69. The number of benzene rings is 1. The summed E-state index contributed by atoms with van der Waals surface area (Å²) in [5.74, 6) is 0.236. The summed E-state index contributed by atoms with van der Waals surface area (Å²) in [6, 6.07) is 5.20. The molecule has 1 N–H and O–H groups in total. The third kappa shape index (κ3) is 4.14. The molecule has 1 fully saturated rings. The Bertz CT molecular complexity index is 1060. The number of hydrogen-bond acceptors (Lipinski definition) is 7. The molecule has 2 aliphatic rings. The van der Waals surface area contributed by atoms with E-state index in [1.165, 1.54) is 18.4 Å². The summed E-state index contributed by atoms with van der Waals surface area (Å²) in [6.45, 7) is 4.32. The molecular weight excluding hydrogens is 418 g/mol. The average molecular weight is 444 g/mol. The molecule has 31 heavy (non-hydrogen) atoms. The number of thiazole rings is 1. The zero-order valence-corrected chi connectivity index (χ0v) is 18.8. The van der Waals surface area contributed by atoms with Crippen LogP contribution in [0.1, 0.15) is 42.1 Å². The summed E-state index contributed by atoms with van der Waals surface area (Å²) in [5.41, 5.74) is 1.21. The minimum Gasteiger partial charge on any atom is -0.497 e. The molecule has 4 rings (SSSR count). The normalized spacial score (nSPS) is 19.9. The van der Waals surface area contributed by atoms with Crippen molar-refractivity contribution in [2.45, 2.75) is 33.1 Å². The summed E-state index contributed by atoms with van der Waals surface area (Å²) < 4.78 is 10.6. The number of methoxy groups -OCH3 is 2. The van der Waals surface area contributed by atoms with Gasteiger partial charge in [-0.3, -0.25) is 14.4 Å². The molecule has 2 aromatic rings. The molecule has 1 atom stereocenters. The number of nitrogens with one attached hydrogen (secondary N) is 1. The Morgan fingerprint density at radius 3 is 2.71 bits per heavy atom. The SMILES string of the molecule is COc1ccc(N2C[C@@H](C(=O)Nc3nc4c(s3)C(=O)CC(C)(C)C4)CC2=O)c(OC)c1. The van der Waals surface area contributed by atoms with E-state index in [0.29, 0.717) is 40.0 Å². The van der Waals surface area contributed by atoms with Crippen molar-refractivity contribution >= 4 is 39.8 Å². The van der Waals surface area contributed by atoms with Crippen LogP contribution in [-0.2, 0) is 16.0 Å². The first kappa shape index (κ1) is 21.3. The van der Waals surface area contributed by atoms with Crippen LogP contribution in [-0.4, -0.2) is 43.3 Å². The first-order valence-electron chi connectivity index (χ1n) is 10.1. The fraction of sp³-hybridized carbons (Fsp3) is 0.455. The topological polar surface area (TPSA) is 97.8 Å². The molecule has 9 heteroatoms. The minimum absolute atomic E-state index is 0.0677. The van der Waals surface area contributed by atoms with E-state index >= 15 is 0 Å². The predicted molar refractivity (Wildman–Crippen MR) is 117 cm³/mol. The molecule has 164 valence electrons. The number of ether oxygens (including phenoxy) is 2. The number of Topliss-reactive ketones (excluding diaryl/α,β-unsaturated/α-hetero) is 1. The highest BCUT2D eigenvalue weighted by Gasteiger charge is 2.38. The van der Waals surface area contributed by atoms with Gasteiger partial charge in [-0.05, 0) is 24.0 Å². The van der Waals surface area contributed by atoms with E-state index < -0.39 is 5.92 Å². The number of anilines is 2. The number of carbonyl (C=O) groups excluding carboxylic acids is 3. The summed E-state index contributed by atoms with van der Waals surface area (Å²) in [4.78, 5) is 44.6. The molecule has 1 saturated heterocycles. The Hall–Kier alpha value is -2.94. The van der Waals surface area contributed by atoms with Crippen LogP contribution >= 0.6 is 11.3 Å². The van der Waals surface area contributed by atoms with Gasteiger partial charge in [0.05, 0.1) is 36.4 Å². The lowest BCUT2D eigenvalue weighted by atomic mass is 9.78. The molecule has 1 aliphatic heterocycles. The van der Waals surface area contributed by atoms with Crippen molar-refractivity contribution in [3.05, 3.63) is 28.8 Å². The predicted octanol–water partition coefficient (Wildman–Crippen LogP) is 3.31. The molecule has 1 aromatic carbocycles. The van der Waals surface area contributed by atoms with Gasteiger partial charge < -0.3 is 19.7 Å². The first-order chi connectivity index (χ1) is 14.7. The van der Waals surface area contributed by atoms with Crippen molar-refractivity contribution in [3.8, 4) is 11.5 Å². The first-order valence-corrected chi connectivity index (χ1v) is 10.9. The summed E-state index contributed by atoms with van der Waals surface area (Å²) in [5, 5.41) is 3.23. The van der Waals surface area contributed by atoms with Crippen molar-refractivity contribution in [1.29, 1.82) is 0 Å². The van der Waals surface area contributed by atoms with Crippen LogP contribution in [0.4, 0.5) is 10.8 Å². The van der Waals surface area contributed by atoms with Crippen LogP contribution in [0.25, 0.3) is 0 Å². The smallest absolute Gasteiger partial charge is 0.231 e. The number of ketones is 1. The Balaban J connectivity index is 1.48. The number of carbonyl (C=O) groups is 3. The van der Waals surface area contributed by atoms with Crippen LogP contribution in [0.3, 0.4) is 0 Å². The number of amides is 2. The molecule has 8 nitrogen and oxygen atoms in total. The van der Waals surface area contributed by atoms with E-state index in [2.05, 4.69) is 10.3 Å². The largest absolute Gasteiger partial charge is 0.497 e. The maximum absolute atomic E-state index is 12.9. The molecule has 1 aliphatic carbocycles. The van der Waals surface area contributed by atoms with Crippen molar-refractivity contribution in [2.24, 2.45) is 11.3 Å². The highest BCUT2D eigenvalue weighted by Crippen LogP contribution is 2.39. The van der Waals surface area contributed by atoms with Gasteiger partial charge in [-0.25, -0.2) is 4.98 Å². The van der Waals surface area contributed by atoms with Crippen molar-refractivity contribution < 1.29 is 23.9 Å². The van der Waals surface area contributed by atoms with E-state index in [0.717, 1.165) is 5.69 Å². The third-order valence-electron chi connectivity index (χ3n) is 5.64. The van der Waals surface area contributed by atoms with E-state index in [4.69, 9.17) is 9.47 Å². The van der Waals surface area contributed by atoms with Crippen LogP contribution in [0.5, 0.6) is 11.5 Å². The van der Waals surface area contributed by atoms with Gasteiger partial charge in [0.1, 0.15) is 11.5 Å². The Kier molecular flexibility index (Phi) is 5.47. The number of nitrogens with zero attached hydrogens (tertiary/aromatic N) is 2. The van der Waals surface area contributed by atoms with Gasteiger partial charge in [0.15, 0.2) is 10.9 Å². The van der Waals surface area contributed by atoms with Crippen LogP contribution in [0, 0.1) is 11.3 Å². The van der Waals surface area contributed by atoms with E-state index in [1.807, 2.05) is 13.8 Å². The van der Waals surface area contributed by atoms with E-state index in [-0.39, 0.29) is 36.0 Å². The van der Waals surface area contributed by atoms with Gasteiger partial charge >= 0.3 is 0 Å². The molecular formula is C22H25N3O5S. The van der Waals surface area contributed by atoms with Gasteiger partial charge in [-0.1, -0.05) is 25.2 Å². The summed E-state index contributed by atoms with van der Waals surface area (Å²) in [6.07, 6.45) is 1.27. The number of rotatable bonds is 5. The molecule has 2 heterocycles. The molecule has 0 unspecified atom stereocenters. The molecule has 0 spiro atoms. The Morgan fingerprint density at radius 1 is 1.23 bits per heavy atom. The number of aromatic nitrogens is 1. The second kappa shape index (κ2) is 7.96. The van der Waals surface area contributed by atoms with Gasteiger partial charge in [0.2, 0.25) is 11.8 Å². The summed E-state index contributed by atoms with van der Waals surface area (Å²) in [7, 11) is 3.08. The molecule has 2 amide bonds. The van der Waals surface area contributed by atoms with Crippen LogP contribution in [0.15, 0.2) is 18.2 Å². The fourth-order valence-corrected chi connectivity index (χ4v) is 5.03. The van der Waals surface area contributed by atoms with Crippen LogP contribution < -0.4 is 19.7 Å². The Morgan fingerprint density at radius 2 is 2.00 bits per heavy atom. The number of hydrogen-bond donors (Lipinski definition) is 1. The van der Waals surface area contributed by atoms with Crippen molar-refractivity contribution in [3.63, 3.8) is 0 Å². The molecule has 0 bridgehead atoms. The van der Waals surface area contributed by atoms with Crippen LogP contribution in [0.2, 0.25) is 0 Å². The van der Waals surface area contributed by atoms with Crippen molar-refractivity contribution in [1.82, 2.24) is 4.98 Å². The van der Waals surface area contributed by atoms with Gasteiger partial charge in [-0.15, -0.1) is 0 Å². The standard InChI is InChI=1S/C22H25N3O5S/c1-22(2)9-14-19(16(26)10-22)31-21(23-14)24-20(28)12-7-18(27)25(11-12)15-6-5-13(29-3)8-17(15)30-4/h5-6,8,12H,7,9-11H2,1-4H3,(H,23,24,28)/t12-/m0/s1. The molecule has 0 radical (unpaired) electrons. The maximum atomic E-state index is 12.9. The lowest BCUT2D eigenvalue weighted by molar-refractivity contribution is -0.122. The van der Waals surface area contributed by atoms with Gasteiger partial charge in [0, 0.05) is 25.5 Å². The zero-order chi connectivity index (χ0) is 22.3. The highest BCUT2D eigenvalue weighted by molar-refractivity contribution is 7.17. The summed E-state index contributed by atoms with van der Waals surface area (Å²) >= 11 is 1.21. The van der Waals surface area contributed by atoms with Gasteiger partial charge in [-0.2, -0.15) is 0 Å².